The van der Waals surface area contributed by atoms with E-state index in [-0.39, 0.29) is 0 Å². The second-order valence-corrected chi connectivity index (χ2v) is 22.4. The van der Waals surface area contributed by atoms with Crippen LogP contribution in [0.15, 0.2) is 0 Å². The molecule has 0 aliphatic heterocycles. The highest BCUT2D eigenvalue weighted by Crippen LogP contribution is 2.61. The number of hydrogen-bond acceptors (Lipinski definition) is 4. The highest BCUT2D eigenvalue weighted by Gasteiger charge is 2.68. The Morgan fingerprint density at radius 3 is 0.741 bits per heavy atom. The smallest absolute Gasteiger partial charge is 0.425 e. The summed E-state index contributed by atoms with van der Waals surface area (Å²) in [6.07, 6.45) is 28.1. The van der Waals surface area contributed by atoms with Gasteiger partial charge in [-0.25, -0.2) is 16.8 Å². The molecule has 0 aliphatic carbocycles. The third-order valence-corrected chi connectivity index (χ3v) is 17.8. The Hall–Kier alpha value is -0.410. The predicted octanol–water partition coefficient (Wildman–Crippen LogP) is 14.8. The first-order chi connectivity index (χ1) is 24.9. The molecule has 0 unspecified atom stereocenters. The predicted molar refractivity (Wildman–Crippen MR) is 203 cm³/mol. The normalized spacial score (nSPS) is 13.6. The molecule has 0 bridgehead atoms. The summed E-state index contributed by atoms with van der Waals surface area (Å²) < 4.78 is 161. The highest BCUT2D eigenvalue weighted by atomic mass is 32.3. The lowest BCUT2D eigenvalue weighted by molar-refractivity contribution is -0.241. The Labute approximate surface area is 320 Å². The van der Waals surface area contributed by atoms with Gasteiger partial charge in [-0.1, -0.05) is 130 Å². The lowest BCUT2D eigenvalue weighted by atomic mass is 10.1. The lowest BCUT2D eigenvalue weighted by Gasteiger charge is -2.31. The first kappa shape index (κ1) is 55.7. The van der Waals surface area contributed by atoms with Gasteiger partial charge in [0.2, 0.25) is 0 Å². The Kier molecular flexibility index (Phi) is 29.0. The summed E-state index contributed by atoms with van der Waals surface area (Å²) >= 11 is 0. The zero-order valence-electron chi connectivity index (χ0n) is 32.9. The van der Waals surface area contributed by atoms with E-state index in [1.54, 1.807) is 50.3 Å². The maximum Gasteiger partial charge on any atom is 0.467 e. The summed E-state index contributed by atoms with van der Waals surface area (Å²) in [6, 6.07) is 0. The Bertz CT molecular complexity index is 1070. The van der Waals surface area contributed by atoms with E-state index in [0.717, 1.165) is 0 Å². The highest BCUT2D eigenvalue weighted by molar-refractivity contribution is 8.13. The topological polar surface area (TPSA) is 82.4 Å². The van der Waals surface area contributed by atoms with Gasteiger partial charge in [0.05, 0.1) is 24.6 Å². The van der Waals surface area contributed by atoms with E-state index in [9.17, 15) is 60.7 Å². The zero-order valence-corrected chi connectivity index (χ0v) is 35.4. The van der Waals surface area contributed by atoms with Crippen LogP contribution in [-0.4, -0.2) is 64.3 Å². The van der Waals surface area contributed by atoms with Gasteiger partial charge in [-0.2, -0.15) is 43.9 Å². The molecular weight excluding hydrogens is 795 g/mol. The summed E-state index contributed by atoms with van der Waals surface area (Å²) in [4.78, 5) is 0. The van der Waals surface area contributed by atoms with E-state index in [0.29, 0.717) is 4.13 Å². The maximum absolute atomic E-state index is 12.3. The van der Waals surface area contributed by atoms with Crippen LogP contribution in [0, 0.1) is 0 Å². The summed E-state index contributed by atoms with van der Waals surface area (Å²) in [6.45, 7) is 9.41. The molecule has 0 aromatic rings. The van der Waals surface area contributed by atoms with Crippen LogP contribution in [0.5, 0.6) is 0 Å². The van der Waals surface area contributed by atoms with E-state index in [1.807, 2.05) is 0 Å². The van der Waals surface area contributed by atoms with Crippen LogP contribution >= 0.6 is 7.26 Å². The lowest BCUT2D eigenvalue weighted by Crippen LogP contribution is -2.48. The van der Waals surface area contributed by atoms with Gasteiger partial charge in [0.1, 0.15) is 0 Å². The van der Waals surface area contributed by atoms with Crippen molar-refractivity contribution in [1.29, 1.82) is 0 Å². The molecule has 0 rings (SSSR count). The molecule has 0 saturated carbocycles. The minimum atomic E-state index is -7.62. The largest absolute Gasteiger partial charge is 0.467 e. The van der Waals surface area contributed by atoms with Gasteiger partial charge in [0, 0.05) is 7.26 Å². The number of rotatable bonds is 32. The first-order valence-electron chi connectivity index (χ1n) is 19.9. The zero-order chi connectivity index (χ0) is 42.0. The van der Waals surface area contributed by atoms with E-state index < -0.39 is 50.2 Å². The van der Waals surface area contributed by atoms with Crippen LogP contribution in [0.1, 0.15) is 182 Å². The molecule has 18 heteroatoms. The van der Waals surface area contributed by atoms with E-state index in [4.69, 9.17) is 0 Å². The molecule has 0 aromatic heterocycles. The Morgan fingerprint density at radius 2 is 0.537 bits per heavy atom. The fraction of sp³-hybridized carbons (Fsp3) is 1.00. The molecule has 0 heterocycles. The maximum atomic E-state index is 12.3. The molecule has 0 amide bonds. The number of alkyl halides is 10. The van der Waals surface area contributed by atoms with Crippen LogP contribution in [0.25, 0.3) is 4.13 Å². The van der Waals surface area contributed by atoms with Crippen molar-refractivity contribution in [3.63, 3.8) is 0 Å². The van der Waals surface area contributed by atoms with Gasteiger partial charge in [0.25, 0.3) is 0 Å². The third-order valence-electron chi connectivity index (χ3n) is 9.45. The average molecular weight is 864 g/mol. The molecule has 0 N–H and O–H groups in total. The number of halogens is 10. The summed E-state index contributed by atoms with van der Waals surface area (Å²) in [5, 5.41) is -14.0. The molecule has 0 atom stereocenters. The van der Waals surface area contributed by atoms with Crippen LogP contribution in [-0.2, 0) is 20.0 Å². The second-order valence-electron chi connectivity index (χ2n) is 14.4. The van der Waals surface area contributed by atoms with Gasteiger partial charge < -0.3 is 4.13 Å². The average Bonchev–Trinajstić information content (AvgIpc) is 3.06. The van der Waals surface area contributed by atoms with E-state index >= 15 is 0 Å². The van der Waals surface area contributed by atoms with Crippen molar-refractivity contribution < 1.29 is 60.7 Å². The standard InChI is InChI=1S/C32H68P.C4F10NO4S2/c1-5-9-13-17-18-19-20-21-22-23-24-28-32-33(29-25-14-10-6-2,30-26-15-11-7-3)31-27-16-12-8-4;5-1(6,7)3(11,12)20(16,17)15-21(18,19)4(13,14)2(8,9)10/h5-32H2,1-4H3;/q+1;-1. The van der Waals surface area contributed by atoms with Crippen LogP contribution in [0.3, 0.4) is 0 Å². The van der Waals surface area contributed by atoms with Crippen molar-refractivity contribution in [3.05, 3.63) is 4.13 Å². The van der Waals surface area contributed by atoms with Gasteiger partial charge in [-0.3, -0.25) is 0 Å². The molecule has 0 aromatic carbocycles. The molecule has 0 spiro atoms. The molecule has 0 saturated heterocycles. The van der Waals surface area contributed by atoms with Crippen molar-refractivity contribution in [2.24, 2.45) is 0 Å². The van der Waals surface area contributed by atoms with Gasteiger partial charge in [0.15, 0.2) is 20.0 Å². The number of unbranched alkanes of at least 4 members (excludes halogenated alkanes) is 20. The summed E-state index contributed by atoms with van der Waals surface area (Å²) in [5.74, 6) is 0. The first-order valence-corrected chi connectivity index (χ1v) is 25.3. The minimum absolute atomic E-state index is 0.422. The van der Waals surface area contributed by atoms with Crippen molar-refractivity contribution in [2.75, 3.05) is 24.6 Å². The molecule has 54 heavy (non-hydrogen) atoms. The molecular formula is C36H68F10NO4PS2. The van der Waals surface area contributed by atoms with E-state index in [1.165, 1.54) is 128 Å². The SMILES string of the molecule is CCCCCCCCCCCCCC[P+](CCCCCC)(CCCCCC)CCCCCC.O=S(=O)([N-]S(=O)(=O)C(F)(F)C(F)(F)F)C(F)(F)C(F)(F)F. The molecule has 0 radical (unpaired) electrons. The summed E-state index contributed by atoms with van der Waals surface area (Å²) in [7, 11) is -15.9. The molecule has 0 aliphatic rings. The van der Waals surface area contributed by atoms with Crippen molar-refractivity contribution >= 4 is 27.3 Å². The minimum Gasteiger partial charge on any atom is -0.425 e. The van der Waals surface area contributed by atoms with Crippen LogP contribution in [0.2, 0.25) is 0 Å². The van der Waals surface area contributed by atoms with Crippen molar-refractivity contribution in [2.45, 2.75) is 205 Å². The Balaban J connectivity index is 0. The second kappa shape index (κ2) is 28.1. The molecule has 5 nitrogen and oxygen atoms in total. The number of nitrogens with zero attached hydrogens (tertiary/aromatic N) is 1. The van der Waals surface area contributed by atoms with Crippen molar-refractivity contribution in [3.8, 4) is 0 Å². The van der Waals surface area contributed by atoms with Gasteiger partial charge in [-0.05, 0) is 51.4 Å². The van der Waals surface area contributed by atoms with Crippen LogP contribution < -0.4 is 0 Å². The van der Waals surface area contributed by atoms with Gasteiger partial charge >= 0.3 is 22.9 Å². The number of sulfonamides is 2. The Morgan fingerprint density at radius 1 is 0.352 bits per heavy atom. The fourth-order valence-corrected chi connectivity index (χ4v) is 13.4. The monoisotopic (exact) mass is 863 g/mol. The third kappa shape index (κ3) is 21.9. The fourth-order valence-electron chi connectivity index (χ4n) is 6.10. The van der Waals surface area contributed by atoms with Crippen LogP contribution in [0.4, 0.5) is 43.9 Å². The molecule has 0 fully saturated rings. The summed E-state index contributed by atoms with van der Waals surface area (Å²) in [5.41, 5.74) is 0. The van der Waals surface area contributed by atoms with E-state index in [2.05, 4.69) is 27.7 Å². The quantitative estimate of drug-likeness (QED) is 0.0383. The van der Waals surface area contributed by atoms with Gasteiger partial charge in [-0.15, -0.1) is 0 Å². The molecule has 328 valence electrons. The van der Waals surface area contributed by atoms with Crippen molar-refractivity contribution in [1.82, 2.24) is 0 Å². The number of hydrogen-bond donors (Lipinski definition) is 0.